The van der Waals surface area contributed by atoms with Gasteiger partial charge < -0.3 is 0 Å². The topological polar surface area (TPSA) is 118 Å². The summed E-state index contributed by atoms with van der Waals surface area (Å²) in [5.41, 5.74) is -2.12. The Morgan fingerprint density at radius 2 is 1.66 bits per heavy atom. The number of rotatable bonds is 5. The van der Waals surface area contributed by atoms with Crippen LogP contribution in [0.15, 0.2) is 0 Å². The third kappa shape index (κ3) is 8.23. The van der Waals surface area contributed by atoms with Crippen LogP contribution in [0.3, 0.4) is 0 Å². The van der Waals surface area contributed by atoms with Crippen LogP contribution in [0.4, 0.5) is 0 Å². The minimum atomic E-state index is -1.40. The summed E-state index contributed by atoms with van der Waals surface area (Å²) >= 11 is 2.59. The van der Waals surface area contributed by atoms with E-state index in [4.69, 9.17) is 18.9 Å². The van der Waals surface area contributed by atoms with Crippen molar-refractivity contribution in [1.82, 2.24) is 4.90 Å². The molecule has 2 fully saturated rings. The molecule has 2 saturated heterocycles. The van der Waals surface area contributed by atoms with Crippen molar-refractivity contribution in [3.63, 3.8) is 0 Å². The first-order chi connectivity index (χ1) is 18.8. The molecule has 0 amide bonds. The van der Waals surface area contributed by atoms with Gasteiger partial charge in [-0.15, -0.1) is 0 Å². The number of carbonyl (C=O) groups excluding carboxylic acids is 1. The summed E-state index contributed by atoms with van der Waals surface area (Å²) in [5.74, 6) is -1.94. The van der Waals surface area contributed by atoms with Gasteiger partial charge in [-0.2, -0.15) is 0 Å². The molecular weight excluding hydrogens is 565 g/mol. The predicted octanol–water partition coefficient (Wildman–Crippen LogP) is 2.94. The third-order valence-corrected chi connectivity index (χ3v) is 11.0. The van der Waals surface area contributed by atoms with E-state index in [9.17, 15) is 20.1 Å². The second kappa shape index (κ2) is 14.6. The first-order valence-corrected chi connectivity index (χ1v) is 15.9. The molecule has 2 rings (SSSR count). The first kappa shape index (κ1) is 36.8. The van der Waals surface area contributed by atoms with Crippen molar-refractivity contribution in [3.8, 4) is 0 Å². The molecule has 0 radical (unpaired) electrons. The Labute approximate surface area is 257 Å². The molecule has 0 spiro atoms. The molecule has 0 bridgehead atoms. The molecule has 0 aromatic rings. The molecule has 0 aromatic carbocycles. The molecule has 0 aromatic heterocycles. The van der Waals surface area contributed by atoms with Crippen LogP contribution in [0.2, 0.25) is 0 Å². The molecule has 0 unspecified atom stereocenters. The van der Waals surface area contributed by atoms with Gasteiger partial charge >= 0.3 is 258 Å². The molecule has 0 saturated carbocycles. The molecule has 2 aliphatic heterocycles. The number of aliphatic hydroxyl groups is 3. The Bertz CT molecular complexity index is 882. The summed E-state index contributed by atoms with van der Waals surface area (Å²) in [6, 6.07) is -0.182. The van der Waals surface area contributed by atoms with Gasteiger partial charge in [-0.25, -0.2) is 0 Å². The van der Waals surface area contributed by atoms with E-state index in [0.717, 1.165) is 4.23 Å². The molecule has 2 heterocycles. The molecule has 239 valence electrons. The summed E-state index contributed by atoms with van der Waals surface area (Å²) in [4.78, 5) is 15.5. The third-order valence-electron chi connectivity index (χ3n) is 9.69. The zero-order chi connectivity index (χ0) is 31.6. The van der Waals surface area contributed by atoms with Gasteiger partial charge in [-0.05, 0) is 0 Å². The van der Waals surface area contributed by atoms with E-state index in [2.05, 4.69) is 17.0 Å². The van der Waals surface area contributed by atoms with Crippen LogP contribution in [-0.4, -0.2) is 106 Å². The molecular formula is C31H57NO8V. The van der Waals surface area contributed by atoms with Crippen LogP contribution >= 0.6 is 0 Å². The number of hydrogen-bond donors (Lipinski definition) is 3. The van der Waals surface area contributed by atoms with Gasteiger partial charge in [0.15, 0.2) is 0 Å². The number of carbonyl (C=O) groups is 1. The van der Waals surface area contributed by atoms with E-state index in [1.807, 2.05) is 67.5 Å². The average molecular weight is 623 g/mol. The molecule has 0 aliphatic carbocycles. The van der Waals surface area contributed by atoms with Crippen LogP contribution < -0.4 is 0 Å². The number of hydrogen-bond acceptors (Lipinski definition) is 9. The van der Waals surface area contributed by atoms with Gasteiger partial charge in [-0.1, -0.05) is 0 Å². The minimum absolute atomic E-state index is 0.0987. The fraction of sp³-hybridized carbons (Fsp3) is 0.935. The second-order valence-electron chi connectivity index (χ2n) is 13.8. The summed E-state index contributed by atoms with van der Waals surface area (Å²) in [6.45, 7) is 17.2. The fourth-order valence-electron chi connectivity index (χ4n) is 7.11. The van der Waals surface area contributed by atoms with Gasteiger partial charge in [0.2, 0.25) is 0 Å². The van der Waals surface area contributed by atoms with Crippen molar-refractivity contribution in [1.29, 1.82) is 0 Å². The van der Waals surface area contributed by atoms with Crippen molar-refractivity contribution >= 4 is 10.2 Å². The van der Waals surface area contributed by atoms with Crippen LogP contribution in [0.25, 0.3) is 0 Å². The fourth-order valence-corrected chi connectivity index (χ4v) is 7.47. The normalized spacial score (nSPS) is 45.2. The van der Waals surface area contributed by atoms with E-state index in [0.29, 0.717) is 19.3 Å². The van der Waals surface area contributed by atoms with Crippen molar-refractivity contribution in [3.05, 3.63) is 0 Å². The summed E-state index contributed by atoms with van der Waals surface area (Å²) < 4.78 is 25.6. The molecule has 2 aliphatic rings. The SMILES string of the molecule is CC[C@H]1OC(=O)[C@H](C)[C@@H](OC)[C@H](C)[C@@H](O[C@@H]2O[C@H](C)C[C@H](N(C)C)[C@H]2O)[C@@](C)(O)C[C@@H](C)[C](=[V])[C@H](C)[C@@H](O)C1(C)C. The number of aliphatic hydroxyl groups excluding tert-OH is 2. The van der Waals surface area contributed by atoms with Crippen LogP contribution in [0.5, 0.6) is 0 Å². The van der Waals surface area contributed by atoms with Crippen molar-refractivity contribution in [2.24, 2.45) is 29.1 Å². The van der Waals surface area contributed by atoms with Crippen molar-refractivity contribution in [2.75, 3.05) is 21.2 Å². The summed E-state index contributed by atoms with van der Waals surface area (Å²) in [5, 5.41) is 34.9. The Morgan fingerprint density at radius 1 is 1.07 bits per heavy atom. The maximum absolute atomic E-state index is 13.6. The molecule has 13 atom stereocenters. The Kier molecular flexibility index (Phi) is 13.1. The first-order valence-electron chi connectivity index (χ1n) is 15.2. The molecule has 3 N–H and O–H groups in total. The Balaban J connectivity index is 2.60. The maximum atomic E-state index is 13.6. The van der Waals surface area contributed by atoms with Gasteiger partial charge in [0, 0.05) is 0 Å². The van der Waals surface area contributed by atoms with Gasteiger partial charge in [0.1, 0.15) is 0 Å². The summed E-state index contributed by atoms with van der Waals surface area (Å²) in [7, 11) is 5.37. The van der Waals surface area contributed by atoms with Gasteiger partial charge in [0.05, 0.1) is 0 Å². The number of ether oxygens (including phenoxy) is 4. The van der Waals surface area contributed by atoms with E-state index in [-0.39, 0.29) is 24.0 Å². The van der Waals surface area contributed by atoms with Crippen LogP contribution in [0.1, 0.15) is 81.6 Å². The average Bonchev–Trinajstić information content (AvgIpc) is 2.89. The molecule has 9 nitrogen and oxygen atoms in total. The molecule has 10 heteroatoms. The molecule has 41 heavy (non-hydrogen) atoms. The standard InChI is InChI=1S/C31H57NO8.V/c1-13-23-30(7,8)26(34)18(3)14-17(2)16-31(9,36)27(20(5)25(37-12)21(6)28(35)39-23)40-29-24(33)22(32(10)11)15-19(4)38-29;/h17-27,29,33-34,36H,13,15-16H2,1-12H3;/t17-,18-,19+,20-,21+,22-,23+,24+,25-,26+,27+,29-,31-;/m0./s1. The number of esters is 1. The second-order valence-corrected chi connectivity index (χ2v) is 14.6. The Morgan fingerprint density at radius 3 is 2.17 bits per heavy atom. The number of methoxy groups -OCH3 is 1. The predicted molar refractivity (Wildman–Crippen MR) is 155 cm³/mol. The number of likely N-dealkylation sites (N-methyl/N-ethyl adjacent to an activating group) is 1. The van der Waals surface area contributed by atoms with E-state index in [1.54, 1.807) is 21.0 Å². The number of cyclic esters (lactones) is 1. The number of nitrogens with zero attached hydrogens (tertiary/aromatic N) is 1. The van der Waals surface area contributed by atoms with Crippen LogP contribution in [-0.2, 0) is 40.7 Å². The summed E-state index contributed by atoms with van der Waals surface area (Å²) in [6.07, 6.45) is -3.38. The van der Waals surface area contributed by atoms with Crippen molar-refractivity contribution < 1.29 is 56.0 Å². The van der Waals surface area contributed by atoms with E-state index >= 15 is 0 Å². The van der Waals surface area contributed by atoms with Crippen molar-refractivity contribution in [2.45, 2.75) is 136 Å². The van der Waals surface area contributed by atoms with Crippen LogP contribution in [0, 0.1) is 29.1 Å². The van der Waals surface area contributed by atoms with Gasteiger partial charge in [0.25, 0.3) is 0 Å². The van der Waals surface area contributed by atoms with E-state index in [1.165, 1.54) is 0 Å². The Hall–Kier alpha value is -0.356. The zero-order valence-corrected chi connectivity index (χ0v) is 28.7. The quantitative estimate of drug-likeness (QED) is 0.398. The van der Waals surface area contributed by atoms with Gasteiger partial charge in [-0.3, -0.25) is 0 Å². The zero-order valence-electron chi connectivity index (χ0n) is 27.3. The van der Waals surface area contributed by atoms with E-state index < -0.39 is 65.6 Å². The monoisotopic (exact) mass is 622 g/mol.